The van der Waals surface area contributed by atoms with Crippen LogP contribution in [0.2, 0.25) is 5.02 Å². The molecule has 340 valence electrons. The van der Waals surface area contributed by atoms with E-state index < -0.39 is 47.4 Å². The summed E-state index contributed by atoms with van der Waals surface area (Å²) in [6.45, 7) is 4.24. The van der Waals surface area contributed by atoms with E-state index in [-0.39, 0.29) is 72.1 Å². The van der Waals surface area contributed by atoms with E-state index in [1.165, 1.54) is 36.2 Å². The Hall–Kier alpha value is -6.24. The Kier molecular flexibility index (Phi) is 16.4. The summed E-state index contributed by atoms with van der Waals surface area (Å²) in [4.78, 5) is 89.7. The second kappa shape index (κ2) is 22.1. The number of fused-ring (bicyclic) bond motifs is 5. The number of phenolic OH excluding ortho intramolecular Hbond substituents is 2. The lowest BCUT2D eigenvalue weighted by atomic mass is 9.87. The summed E-state index contributed by atoms with van der Waals surface area (Å²) < 4.78 is 0. The van der Waals surface area contributed by atoms with Crippen LogP contribution >= 0.6 is 11.6 Å². The minimum absolute atomic E-state index is 0.0137. The standard InChI is InChI=1S/C52H57ClN4O8/c1-31(44(58)18-7-33-21-23-55-30-33)24-48(62)43-27-34-8-19-45(59)41(26-34)42-28-38(15-20-46(42)60)50(49(63)25-32(2)51(64)56-43)57(3)52(65)39(6-4-5-22-54)29-47(61)37-11-9-35(10-12-37)36-13-16-40(53)17-14-36/h8-17,19-21,26,28,30-32,39,43,50,59-60H,4-7,18,22-25,27,29,54H2,1-3H3,(H,56,64)/t31-,32-,39-,43+,50+/m1/s1. The van der Waals surface area contributed by atoms with Crippen molar-refractivity contribution in [1.82, 2.24) is 10.2 Å². The fourth-order valence-electron chi connectivity index (χ4n) is 8.52. The van der Waals surface area contributed by atoms with Gasteiger partial charge in [-0.3, -0.25) is 33.8 Å². The van der Waals surface area contributed by atoms with Gasteiger partial charge in [0.05, 0.1) is 12.6 Å². The molecular formula is C52H57ClN4O8. The highest BCUT2D eigenvalue weighted by atomic mass is 35.5. The molecule has 0 saturated heterocycles. The Morgan fingerprint density at radius 3 is 2.20 bits per heavy atom. The number of carbonyl (C=O) groups is 6. The Morgan fingerprint density at radius 2 is 1.54 bits per heavy atom. The van der Waals surface area contributed by atoms with E-state index in [1.54, 1.807) is 56.5 Å². The van der Waals surface area contributed by atoms with Crippen molar-refractivity contribution < 1.29 is 39.0 Å². The van der Waals surface area contributed by atoms with Crippen molar-refractivity contribution in [2.24, 2.45) is 28.5 Å². The molecule has 0 aromatic heterocycles. The molecule has 5 atom stereocenters. The molecule has 4 aromatic carbocycles. The fraction of sp³-hybridized carbons (Fsp3) is 0.365. The number of likely N-dealkylation sites (N-methyl/N-ethyl adjacent to an activating group) is 1. The zero-order chi connectivity index (χ0) is 46.8. The number of allylic oxidation sites excluding steroid dienone is 1. The second-order valence-corrected chi connectivity index (χ2v) is 17.8. The van der Waals surface area contributed by atoms with Gasteiger partial charge in [0, 0.05) is 78.4 Å². The molecule has 2 aliphatic rings. The predicted molar refractivity (Wildman–Crippen MR) is 252 cm³/mol. The average Bonchev–Trinajstić information content (AvgIpc) is 3.82. The van der Waals surface area contributed by atoms with E-state index >= 15 is 0 Å². The van der Waals surface area contributed by atoms with Gasteiger partial charge in [-0.15, -0.1) is 0 Å². The van der Waals surface area contributed by atoms with E-state index in [0.717, 1.165) is 16.7 Å². The summed E-state index contributed by atoms with van der Waals surface area (Å²) >= 11 is 6.07. The summed E-state index contributed by atoms with van der Waals surface area (Å²) in [5, 5.41) is 25.8. The number of halogens is 1. The minimum Gasteiger partial charge on any atom is -0.507 e. The van der Waals surface area contributed by atoms with Crippen LogP contribution in [0.5, 0.6) is 11.5 Å². The van der Waals surface area contributed by atoms with Gasteiger partial charge < -0.3 is 26.2 Å². The van der Waals surface area contributed by atoms with Crippen LogP contribution < -0.4 is 11.1 Å². The summed E-state index contributed by atoms with van der Waals surface area (Å²) in [5.41, 5.74) is 10.3. The third kappa shape index (κ3) is 12.3. The summed E-state index contributed by atoms with van der Waals surface area (Å²) in [5.74, 6) is -5.04. The molecule has 0 saturated carbocycles. The van der Waals surface area contributed by atoms with Gasteiger partial charge in [-0.05, 0) is 96.5 Å². The molecule has 0 radical (unpaired) electrons. The number of phenols is 2. The maximum atomic E-state index is 14.7. The van der Waals surface area contributed by atoms with E-state index in [2.05, 4.69) is 10.3 Å². The maximum Gasteiger partial charge on any atom is 0.226 e. The summed E-state index contributed by atoms with van der Waals surface area (Å²) in [6, 6.07) is 21.2. The number of benzene rings is 4. The lowest BCUT2D eigenvalue weighted by Crippen LogP contribution is -2.46. The number of carbonyl (C=O) groups excluding carboxylic acids is 6. The molecule has 65 heavy (non-hydrogen) atoms. The van der Waals surface area contributed by atoms with Crippen molar-refractivity contribution in [2.45, 2.75) is 83.7 Å². The molecule has 4 aromatic rings. The van der Waals surface area contributed by atoms with Crippen molar-refractivity contribution in [3.05, 3.63) is 118 Å². The molecular weight excluding hydrogens is 844 g/mol. The number of hydrogen-bond acceptors (Lipinski definition) is 10. The van der Waals surface area contributed by atoms with Crippen LogP contribution in [-0.2, 0) is 30.4 Å². The van der Waals surface area contributed by atoms with E-state index in [0.29, 0.717) is 60.5 Å². The Labute approximate surface area is 385 Å². The first-order valence-electron chi connectivity index (χ1n) is 22.2. The number of aromatic hydroxyl groups is 2. The summed E-state index contributed by atoms with van der Waals surface area (Å²) in [7, 11) is 1.49. The number of aliphatic imine (C=N–C) groups is 1. The third-order valence-electron chi connectivity index (χ3n) is 12.4. The van der Waals surface area contributed by atoms with E-state index in [1.807, 2.05) is 30.3 Å². The van der Waals surface area contributed by atoms with Gasteiger partial charge >= 0.3 is 0 Å². The van der Waals surface area contributed by atoms with Gasteiger partial charge in [0.2, 0.25) is 11.8 Å². The monoisotopic (exact) mass is 900 g/mol. The topological polar surface area (TPSA) is 197 Å². The van der Waals surface area contributed by atoms with Crippen molar-refractivity contribution in [3.8, 4) is 33.8 Å². The van der Waals surface area contributed by atoms with Crippen LogP contribution in [0.3, 0.4) is 0 Å². The number of rotatable bonds is 17. The molecule has 2 aliphatic heterocycles. The number of ketones is 4. The second-order valence-electron chi connectivity index (χ2n) is 17.3. The first kappa shape index (κ1) is 48.2. The largest absolute Gasteiger partial charge is 0.507 e. The van der Waals surface area contributed by atoms with Crippen LogP contribution in [0.15, 0.2) is 102 Å². The van der Waals surface area contributed by atoms with Gasteiger partial charge in [0.1, 0.15) is 23.3 Å². The Balaban J connectivity index is 1.28. The molecule has 6 rings (SSSR count). The number of nitrogens with two attached hydrogens (primary N) is 1. The van der Waals surface area contributed by atoms with Crippen LogP contribution in [0.1, 0.15) is 92.7 Å². The molecule has 4 bridgehead atoms. The Morgan fingerprint density at radius 1 is 0.877 bits per heavy atom. The number of hydrogen-bond donors (Lipinski definition) is 4. The van der Waals surface area contributed by atoms with E-state index in [9.17, 15) is 39.0 Å². The number of nitrogens with one attached hydrogen (secondary N) is 1. The van der Waals surface area contributed by atoms with Gasteiger partial charge in [-0.2, -0.15) is 0 Å². The summed E-state index contributed by atoms with van der Waals surface area (Å²) in [6.07, 6.45) is 5.38. The molecule has 0 aliphatic carbocycles. The zero-order valence-electron chi connectivity index (χ0n) is 37.1. The molecule has 5 N–H and O–H groups in total. The molecule has 0 fully saturated rings. The van der Waals surface area contributed by atoms with Crippen molar-refractivity contribution in [3.63, 3.8) is 0 Å². The van der Waals surface area contributed by atoms with Gasteiger partial charge in [0.15, 0.2) is 17.3 Å². The maximum absolute atomic E-state index is 14.7. The average molecular weight is 902 g/mol. The molecule has 2 heterocycles. The van der Waals surface area contributed by atoms with Crippen LogP contribution in [0.25, 0.3) is 22.3 Å². The van der Waals surface area contributed by atoms with Crippen molar-refractivity contribution >= 4 is 52.8 Å². The lowest BCUT2D eigenvalue weighted by molar-refractivity contribution is -0.142. The number of nitrogens with zero attached hydrogens (tertiary/aromatic N) is 2. The number of Topliss-reactive ketones (excluding diaryl/α,β-unsaturated/α-hetero) is 4. The highest BCUT2D eigenvalue weighted by molar-refractivity contribution is 6.30. The highest BCUT2D eigenvalue weighted by Gasteiger charge is 2.36. The fourth-order valence-corrected chi connectivity index (χ4v) is 8.64. The normalized spacial score (nSPS) is 18.2. The molecule has 0 unspecified atom stereocenters. The zero-order valence-corrected chi connectivity index (χ0v) is 37.9. The van der Waals surface area contributed by atoms with Gasteiger partial charge in [-0.1, -0.05) is 86.5 Å². The van der Waals surface area contributed by atoms with Gasteiger partial charge in [-0.25, -0.2) is 0 Å². The first-order chi connectivity index (χ1) is 31.1. The van der Waals surface area contributed by atoms with Crippen molar-refractivity contribution in [1.29, 1.82) is 0 Å². The van der Waals surface area contributed by atoms with Crippen LogP contribution in [-0.4, -0.2) is 82.5 Å². The van der Waals surface area contributed by atoms with Crippen molar-refractivity contribution in [2.75, 3.05) is 20.1 Å². The van der Waals surface area contributed by atoms with Gasteiger partial charge in [0.25, 0.3) is 0 Å². The smallest absolute Gasteiger partial charge is 0.226 e. The van der Waals surface area contributed by atoms with Crippen LogP contribution in [0.4, 0.5) is 0 Å². The van der Waals surface area contributed by atoms with E-state index in [4.69, 9.17) is 17.3 Å². The number of amides is 2. The minimum atomic E-state index is -1.27. The SMILES string of the molecule is C[C@H](CC(=O)[C@@H]1Cc2ccc(O)c(c2)-c2cc(ccc2O)[C@H](N(C)C(=O)[C@H](CCCCN)CC(=O)c2ccc(-c3ccc(Cl)cc3)cc2)C(=O)C[C@@H](C)C(=O)N1)C(=O)CCC1=CCN=C1. The first-order valence-corrected chi connectivity index (χ1v) is 22.6. The number of unbranched alkanes of at least 4 members (excludes halogenated alkanes) is 1. The predicted octanol–water partition coefficient (Wildman–Crippen LogP) is 8.19. The highest BCUT2D eigenvalue weighted by Crippen LogP contribution is 2.40. The lowest BCUT2D eigenvalue weighted by Gasteiger charge is -2.32. The molecule has 2 amide bonds. The van der Waals surface area contributed by atoms with Crippen LogP contribution in [0, 0.1) is 17.8 Å². The quantitative estimate of drug-likeness (QED) is 0.0597. The molecule has 13 heteroatoms. The molecule has 12 nitrogen and oxygen atoms in total. The third-order valence-corrected chi connectivity index (χ3v) is 12.7. The molecule has 0 spiro atoms. The Bertz CT molecular complexity index is 2480.